The molecule has 0 unspecified atom stereocenters. The molecule has 1 aromatic carbocycles. The number of hydrogen-bond acceptors (Lipinski definition) is 10. The third-order valence-corrected chi connectivity index (χ3v) is 6.96. The third kappa shape index (κ3) is 11.3. The minimum Gasteiger partial charge on any atom is -0.506 e. The van der Waals surface area contributed by atoms with Crippen molar-refractivity contribution in [2.45, 2.75) is 52.1 Å². The number of aromatic nitrogens is 2. The first-order valence-electron chi connectivity index (χ1n) is 13.2. The van der Waals surface area contributed by atoms with Crippen molar-refractivity contribution in [3.05, 3.63) is 65.7 Å². The van der Waals surface area contributed by atoms with Gasteiger partial charge in [-0.2, -0.15) is 0 Å². The van der Waals surface area contributed by atoms with Crippen LogP contribution in [-0.2, 0) is 37.9 Å². The maximum absolute atomic E-state index is 12.2. The van der Waals surface area contributed by atoms with E-state index in [2.05, 4.69) is 25.8 Å². The van der Waals surface area contributed by atoms with Gasteiger partial charge in [-0.25, -0.2) is 8.42 Å². The van der Waals surface area contributed by atoms with Crippen LogP contribution in [-0.4, -0.2) is 66.1 Å². The van der Waals surface area contributed by atoms with E-state index in [0.29, 0.717) is 23.0 Å². The Morgan fingerprint density at radius 3 is 2.42 bits per heavy atom. The summed E-state index contributed by atoms with van der Waals surface area (Å²) >= 11 is 0. The lowest BCUT2D eigenvalue weighted by atomic mass is 9.93. The topological polar surface area (TPSA) is 147 Å². The number of likely N-dealkylation sites (tertiary alicyclic amines) is 1. The minimum atomic E-state index is -2.75. The molecule has 2 aromatic heterocycles. The van der Waals surface area contributed by atoms with Crippen molar-refractivity contribution in [3.63, 3.8) is 0 Å². The SMILES string of the molecule is CC(C)(C)c1cc(NC(=O)Cc2ccc(NOCc3ccc(O)cn3)cc2)no1.CS(=O)(=O)CCN1CCCC1.[HH].[HH]. The Balaban J connectivity index is 0.000000575. The number of hydrogen-bond donors (Lipinski definition) is 3. The molecule has 1 saturated heterocycles. The Morgan fingerprint density at radius 1 is 1.15 bits per heavy atom. The molecule has 3 aromatic rings. The second-order valence-electron chi connectivity index (χ2n) is 10.8. The van der Waals surface area contributed by atoms with E-state index in [1.54, 1.807) is 18.2 Å². The van der Waals surface area contributed by atoms with Crippen molar-refractivity contribution in [3.8, 4) is 5.75 Å². The number of nitrogens with one attached hydrogen (secondary N) is 2. The zero-order chi connectivity index (χ0) is 29.2. The summed E-state index contributed by atoms with van der Waals surface area (Å²) in [5.41, 5.74) is 4.94. The van der Waals surface area contributed by atoms with Crippen LogP contribution in [0.5, 0.6) is 5.75 Å². The average Bonchev–Trinajstić information content (AvgIpc) is 3.57. The molecule has 1 aliphatic rings. The number of anilines is 2. The number of carbonyl (C=O) groups excluding carboxylic acids is 1. The molecule has 1 aliphatic heterocycles. The summed E-state index contributed by atoms with van der Waals surface area (Å²) in [5.74, 6) is 1.38. The number of sulfone groups is 1. The summed E-state index contributed by atoms with van der Waals surface area (Å²) in [7, 11) is -2.75. The lowest BCUT2D eigenvalue weighted by Gasteiger charge is -2.12. The Morgan fingerprint density at radius 2 is 1.85 bits per heavy atom. The van der Waals surface area contributed by atoms with Gasteiger partial charge >= 0.3 is 0 Å². The maximum atomic E-state index is 12.2. The molecule has 40 heavy (non-hydrogen) atoms. The Kier molecular flexibility index (Phi) is 11.1. The number of benzene rings is 1. The molecular weight excluding hydrogens is 534 g/mol. The summed E-state index contributed by atoms with van der Waals surface area (Å²) in [6.07, 6.45) is 5.33. The van der Waals surface area contributed by atoms with Gasteiger partial charge in [-0.05, 0) is 55.8 Å². The second kappa shape index (κ2) is 14.2. The van der Waals surface area contributed by atoms with Gasteiger partial charge in [0.2, 0.25) is 5.91 Å². The highest BCUT2D eigenvalue weighted by Gasteiger charge is 2.20. The van der Waals surface area contributed by atoms with Crippen LogP contribution in [0.3, 0.4) is 0 Å². The van der Waals surface area contributed by atoms with Crippen LogP contribution in [0.15, 0.2) is 53.2 Å². The molecular formula is C28H43N5O6S. The van der Waals surface area contributed by atoms with Crippen molar-refractivity contribution in [2.24, 2.45) is 0 Å². The van der Waals surface area contributed by atoms with Gasteiger partial charge in [-0.1, -0.05) is 38.1 Å². The van der Waals surface area contributed by atoms with Crippen LogP contribution in [0.1, 0.15) is 53.5 Å². The van der Waals surface area contributed by atoms with Crippen molar-refractivity contribution in [1.29, 1.82) is 0 Å². The largest absolute Gasteiger partial charge is 0.506 e. The predicted molar refractivity (Wildman–Crippen MR) is 158 cm³/mol. The summed E-state index contributed by atoms with van der Waals surface area (Å²) in [5, 5.41) is 15.8. The van der Waals surface area contributed by atoms with E-state index in [4.69, 9.17) is 9.36 Å². The Hall–Kier alpha value is -3.48. The number of pyridine rings is 1. The maximum Gasteiger partial charge on any atom is 0.230 e. The van der Waals surface area contributed by atoms with Crippen molar-refractivity contribution in [1.82, 2.24) is 15.0 Å². The summed E-state index contributed by atoms with van der Waals surface area (Å²) in [6, 6.07) is 12.3. The molecule has 11 nitrogen and oxygen atoms in total. The highest BCUT2D eigenvalue weighted by Crippen LogP contribution is 2.24. The number of aromatic hydroxyl groups is 1. The zero-order valence-corrected chi connectivity index (χ0v) is 24.3. The second-order valence-corrected chi connectivity index (χ2v) is 13.1. The highest BCUT2D eigenvalue weighted by atomic mass is 32.2. The lowest BCUT2D eigenvalue weighted by molar-refractivity contribution is -0.115. The molecule has 0 saturated carbocycles. The first-order chi connectivity index (χ1) is 18.9. The molecule has 4 rings (SSSR count). The molecule has 1 fully saturated rings. The molecule has 0 spiro atoms. The monoisotopic (exact) mass is 577 g/mol. The van der Waals surface area contributed by atoms with Crippen molar-refractivity contribution >= 4 is 27.2 Å². The number of rotatable bonds is 10. The molecule has 12 heteroatoms. The quantitative estimate of drug-likeness (QED) is 0.296. The van der Waals surface area contributed by atoms with Crippen LogP contribution < -0.4 is 10.8 Å². The predicted octanol–water partition coefficient (Wildman–Crippen LogP) is 4.42. The van der Waals surface area contributed by atoms with Gasteiger partial charge < -0.3 is 19.8 Å². The smallest absolute Gasteiger partial charge is 0.230 e. The molecule has 0 bridgehead atoms. The van der Waals surface area contributed by atoms with Gasteiger partial charge in [-0.3, -0.25) is 20.1 Å². The lowest BCUT2D eigenvalue weighted by Crippen LogP contribution is -2.25. The van der Waals surface area contributed by atoms with Crippen molar-refractivity contribution in [2.75, 3.05) is 42.4 Å². The van der Waals surface area contributed by atoms with Gasteiger partial charge in [0.1, 0.15) is 28.0 Å². The van der Waals surface area contributed by atoms with Crippen LogP contribution in [0.2, 0.25) is 0 Å². The van der Waals surface area contributed by atoms with Gasteiger partial charge in [0.25, 0.3) is 0 Å². The number of amides is 1. The van der Waals surface area contributed by atoms with E-state index in [-0.39, 0.29) is 33.0 Å². The molecule has 1 amide bonds. The van der Waals surface area contributed by atoms with Crippen LogP contribution >= 0.6 is 0 Å². The summed E-state index contributed by atoms with van der Waals surface area (Å²) < 4.78 is 26.8. The summed E-state index contributed by atoms with van der Waals surface area (Å²) in [4.78, 5) is 23.8. The zero-order valence-electron chi connectivity index (χ0n) is 23.5. The molecule has 3 N–H and O–H groups in total. The number of carbonyl (C=O) groups is 1. The molecule has 0 atom stereocenters. The molecule has 222 valence electrons. The standard InChI is InChI=1S/C21H24N4O4.C7H15NO2S.2H2/c1-21(2,3)18-11-19(25-29-18)23-20(27)10-14-4-6-15(7-5-14)24-28-13-16-8-9-17(26)12-22-16;1-11(9,10)7-6-8-4-2-3-5-8;;/h4-9,11-12,24,26H,10,13H2,1-3H3,(H,23,25,27);2-7H2,1H3;2*1H. The van der Waals surface area contributed by atoms with E-state index in [0.717, 1.165) is 30.9 Å². The van der Waals surface area contributed by atoms with E-state index in [9.17, 15) is 18.3 Å². The average molecular weight is 578 g/mol. The molecule has 3 heterocycles. The first-order valence-corrected chi connectivity index (χ1v) is 15.2. The molecule has 0 radical (unpaired) electrons. The van der Waals surface area contributed by atoms with Gasteiger partial charge in [0, 0.05) is 27.1 Å². The number of nitrogens with zero attached hydrogens (tertiary/aromatic N) is 3. The molecule has 0 aliphatic carbocycles. The van der Waals surface area contributed by atoms with Gasteiger partial charge in [-0.15, -0.1) is 0 Å². The van der Waals surface area contributed by atoms with Crippen LogP contribution in [0, 0.1) is 0 Å². The van der Waals surface area contributed by atoms with Crippen LogP contribution in [0.25, 0.3) is 0 Å². The fourth-order valence-corrected chi connectivity index (χ4v) is 4.34. The third-order valence-electron chi connectivity index (χ3n) is 6.03. The summed E-state index contributed by atoms with van der Waals surface area (Å²) in [6.45, 7) is 9.17. The first kappa shape index (κ1) is 31.1. The Labute approximate surface area is 238 Å². The fraction of sp³-hybridized carbons (Fsp3) is 0.464. The normalized spacial score (nSPS) is 13.9. The fourth-order valence-electron chi connectivity index (χ4n) is 3.75. The highest BCUT2D eigenvalue weighted by molar-refractivity contribution is 7.90. The van der Waals surface area contributed by atoms with Crippen molar-refractivity contribution < 1.29 is 30.5 Å². The van der Waals surface area contributed by atoms with E-state index in [1.807, 2.05) is 45.0 Å². The van der Waals surface area contributed by atoms with E-state index in [1.165, 1.54) is 25.3 Å². The van der Waals surface area contributed by atoms with E-state index >= 15 is 0 Å². The minimum absolute atomic E-state index is 0. The van der Waals surface area contributed by atoms with E-state index < -0.39 is 9.84 Å². The van der Waals surface area contributed by atoms with Crippen LogP contribution in [0.4, 0.5) is 11.5 Å². The Bertz CT molecular complexity index is 1320. The van der Waals surface area contributed by atoms with Gasteiger partial charge in [0.15, 0.2) is 5.82 Å². The van der Waals surface area contributed by atoms with Gasteiger partial charge in [0.05, 0.1) is 29.8 Å².